The first kappa shape index (κ1) is 12.7. The first-order valence-corrected chi connectivity index (χ1v) is 5.88. The molecule has 6 nitrogen and oxygen atoms in total. The molecule has 0 saturated heterocycles. The first-order chi connectivity index (χ1) is 8.78. The summed E-state index contributed by atoms with van der Waals surface area (Å²) in [5.41, 5.74) is 2.93. The Morgan fingerprint density at radius 3 is 2.83 bits per heavy atom. The number of aliphatic hydroxyl groups excluding tert-OH is 1. The minimum atomic E-state index is 0.105. The first-order valence-electron chi connectivity index (χ1n) is 5.88. The summed E-state index contributed by atoms with van der Waals surface area (Å²) in [5, 5.41) is 16.2. The summed E-state index contributed by atoms with van der Waals surface area (Å²) in [6.07, 6.45) is 7.25. The standard InChI is InChI=1S/C12H17N5O/c1-10-4-15-12(8-14-10)7-13-5-11-6-16-17(9-11)2-3-18/h4,6,8-9,13,18H,2-3,5,7H2,1H3. The van der Waals surface area contributed by atoms with E-state index in [-0.39, 0.29) is 6.61 Å². The highest BCUT2D eigenvalue weighted by Crippen LogP contribution is 1.98. The van der Waals surface area contributed by atoms with Gasteiger partial charge in [-0.15, -0.1) is 0 Å². The van der Waals surface area contributed by atoms with Crippen LogP contribution in [0.3, 0.4) is 0 Å². The van der Waals surface area contributed by atoms with Crippen LogP contribution in [0.1, 0.15) is 17.0 Å². The maximum Gasteiger partial charge on any atom is 0.0724 e. The molecule has 2 aromatic rings. The molecule has 2 aromatic heterocycles. The molecule has 0 fully saturated rings. The molecule has 2 heterocycles. The molecule has 0 radical (unpaired) electrons. The lowest BCUT2D eigenvalue weighted by Gasteiger charge is -2.02. The number of aromatic nitrogens is 4. The van der Waals surface area contributed by atoms with Gasteiger partial charge in [-0.05, 0) is 6.92 Å². The number of nitrogens with zero attached hydrogens (tertiary/aromatic N) is 4. The van der Waals surface area contributed by atoms with Crippen molar-refractivity contribution < 1.29 is 5.11 Å². The summed E-state index contributed by atoms with van der Waals surface area (Å²) in [7, 11) is 0. The summed E-state index contributed by atoms with van der Waals surface area (Å²) in [6.45, 7) is 3.95. The summed E-state index contributed by atoms with van der Waals surface area (Å²) < 4.78 is 1.72. The summed E-state index contributed by atoms with van der Waals surface area (Å²) in [6, 6.07) is 0. The van der Waals surface area contributed by atoms with Crippen LogP contribution in [0.4, 0.5) is 0 Å². The number of hydrogen-bond acceptors (Lipinski definition) is 5. The third-order valence-corrected chi connectivity index (χ3v) is 2.49. The van der Waals surface area contributed by atoms with E-state index >= 15 is 0 Å². The second-order valence-corrected chi connectivity index (χ2v) is 4.09. The van der Waals surface area contributed by atoms with E-state index in [0.717, 1.165) is 23.5 Å². The molecule has 2 rings (SSSR count). The van der Waals surface area contributed by atoms with E-state index in [1.807, 2.05) is 13.1 Å². The van der Waals surface area contributed by atoms with Gasteiger partial charge in [0.25, 0.3) is 0 Å². The fraction of sp³-hybridized carbons (Fsp3) is 0.417. The second-order valence-electron chi connectivity index (χ2n) is 4.09. The zero-order valence-corrected chi connectivity index (χ0v) is 10.4. The van der Waals surface area contributed by atoms with Gasteiger partial charge in [-0.1, -0.05) is 0 Å². The second kappa shape index (κ2) is 6.23. The number of aliphatic hydroxyl groups is 1. The van der Waals surface area contributed by atoms with Crippen molar-refractivity contribution in [2.75, 3.05) is 6.61 Å². The SMILES string of the molecule is Cc1cnc(CNCc2cnn(CCO)c2)cn1. The lowest BCUT2D eigenvalue weighted by molar-refractivity contribution is 0.269. The van der Waals surface area contributed by atoms with E-state index in [9.17, 15) is 0 Å². The maximum absolute atomic E-state index is 8.78. The third-order valence-electron chi connectivity index (χ3n) is 2.49. The Morgan fingerprint density at radius 1 is 1.22 bits per heavy atom. The lowest BCUT2D eigenvalue weighted by atomic mass is 10.3. The van der Waals surface area contributed by atoms with Gasteiger partial charge in [-0.25, -0.2) is 0 Å². The van der Waals surface area contributed by atoms with Crippen LogP contribution in [0, 0.1) is 6.92 Å². The van der Waals surface area contributed by atoms with Crippen LogP contribution in [-0.2, 0) is 19.6 Å². The molecule has 0 aliphatic rings. The molecular formula is C12H17N5O. The van der Waals surface area contributed by atoms with Gasteiger partial charge in [-0.3, -0.25) is 14.6 Å². The fourth-order valence-electron chi connectivity index (χ4n) is 1.57. The van der Waals surface area contributed by atoms with Crippen LogP contribution in [0.15, 0.2) is 24.8 Å². The van der Waals surface area contributed by atoms with Gasteiger partial charge in [0, 0.05) is 37.2 Å². The highest BCUT2D eigenvalue weighted by Gasteiger charge is 1.99. The molecule has 0 saturated carbocycles. The van der Waals surface area contributed by atoms with Crippen molar-refractivity contribution in [2.24, 2.45) is 0 Å². The van der Waals surface area contributed by atoms with Crippen LogP contribution in [0.25, 0.3) is 0 Å². The molecule has 18 heavy (non-hydrogen) atoms. The summed E-state index contributed by atoms with van der Waals surface area (Å²) in [5.74, 6) is 0. The van der Waals surface area contributed by atoms with Crippen molar-refractivity contribution in [3.63, 3.8) is 0 Å². The molecule has 2 N–H and O–H groups in total. The Balaban J connectivity index is 1.79. The van der Waals surface area contributed by atoms with Crippen molar-refractivity contribution in [1.29, 1.82) is 0 Å². The zero-order valence-electron chi connectivity index (χ0n) is 10.4. The van der Waals surface area contributed by atoms with E-state index in [4.69, 9.17) is 5.11 Å². The number of hydrogen-bond donors (Lipinski definition) is 2. The Hall–Kier alpha value is -1.79. The average molecular weight is 247 g/mol. The summed E-state index contributed by atoms with van der Waals surface area (Å²) in [4.78, 5) is 8.45. The van der Waals surface area contributed by atoms with Crippen LogP contribution >= 0.6 is 0 Å². The normalized spacial score (nSPS) is 10.8. The quantitative estimate of drug-likeness (QED) is 0.766. The van der Waals surface area contributed by atoms with Gasteiger partial charge in [0.2, 0.25) is 0 Å². The van der Waals surface area contributed by atoms with Crippen molar-refractivity contribution in [3.8, 4) is 0 Å². The highest BCUT2D eigenvalue weighted by atomic mass is 16.3. The van der Waals surface area contributed by atoms with Crippen molar-refractivity contribution in [1.82, 2.24) is 25.1 Å². The smallest absolute Gasteiger partial charge is 0.0724 e. The topological polar surface area (TPSA) is 75.9 Å². The lowest BCUT2D eigenvalue weighted by Crippen LogP contribution is -2.13. The Kier molecular flexibility index (Phi) is 4.38. The number of nitrogens with one attached hydrogen (secondary N) is 1. The molecule has 0 aliphatic carbocycles. The Morgan fingerprint density at radius 2 is 2.11 bits per heavy atom. The van der Waals surface area contributed by atoms with E-state index in [0.29, 0.717) is 13.1 Å². The fourth-order valence-corrected chi connectivity index (χ4v) is 1.57. The van der Waals surface area contributed by atoms with Gasteiger partial charge >= 0.3 is 0 Å². The highest BCUT2D eigenvalue weighted by molar-refractivity contribution is 5.04. The molecule has 0 aromatic carbocycles. The summed E-state index contributed by atoms with van der Waals surface area (Å²) >= 11 is 0. The molecule has 0 unspecified atom stereocenters. The predicted octanol–water partition coefficient (Wildman–Crippen LogP) is 0.264. The minimum Gasteiger partial charge on any atom is -0.394 e. The van der Waals surface area contributed by atoms with E-state index in [2.05, 4.69) is 20.4 Å². The molecule has 0 bridgehead atoms. The van der Waals surface area contributed by atoms with Gasteiger partial charge in [0.05, 0.1) is 30.7 Å². The van der Waals surface area contributed by atoms with Gasteiger partial charge in [-0.2, -0.15) is 5.10 Å². The van der Waals surface area contributed by atoms with E-state index in [1.165, 1.54) is 0 Å². The Bertz CT molecular complexity index is 479. The zero-order chi connectivity index (χ0) is 12.8. The average Bonchev–Trinajstić information content (AvgIpc) is 2.80. The van der Waals surface area contributed by atoms with Crippen molar-refractivity contribution in [2.45, 2.75) is 26.6 Å². The van der Waals surface area contributed by atoms with Gasteiger partial charge in [0.1, 0.15) is 0 Å². The van der Waals surface area contributed by atoms with Crippen molar-refractivity contribution in [3.05, 3.63) is 41.7 Å². The number of rotatable bonds is 6. The van der Waals surface area contributed by atoms with Crippen LogP contribution < -0.4 is 5.32 Å². The maximum atomic E-state index is 8.78. The van der Waals surface area contributed by atoms with Crippen LogP contribution in [0.2, 0.25) is 0 Å². The van der Waals surface area contributed by atoms with E-state index in [1.54, 1.807) is 23.3 Å². The van der Waals surface area contributed by atoms with E-state index < -0.39 is 0 Å². The predicted molar refractivity (Wildman–Crippen MR) is 66.6 cm³/mol. The van der Waals surface area contributed by atoms with Crippen LogP contribution in [0.5, 0.6) is 0 Å². The third kappa shape index (κ3) is 3.61. The molecule has 0 spiro atoms. The van der Waals surface area contributed by atoms with Gasteiger partial charge in [0.15, 0.2) is 0 Å². The molecule has 0 aliphatic heterocycles. The Labute approximate surface area is 106 Å². The molecule has 6 heteroatoms. The van der Waals surface area contributed by atoms with Crippen LogP contribution in [-0.4, -0.2) is 31.5 Å². The van der Waals surface area contributed by atoms with Gasteiger partial charge < -0.3 is 10.4 Å². The molecule has 0 atom stereocenters. The molecular weight excluding hydrogens is 230 g/mol. The largest absolute Gasteiger partial charge is 0.394 e. The monoisotopic (exact) mass is 247 g/mol. The minimum absolute atomic E-state index is 0.105. The number of aryl methyl sites for hydroxylation is 1. The molecule has 96 valence electrons. The molecule has 0 amide bonds. The van der Waals surface area contributed by atoms with Crippen molar-refractivity contribution >= 4 is 0 Å².